The van der Waals surface area contributed by atoms with Gasteiger partial charge in [-0.1, -0.05) is 25.5 Å². The van der Waals surface area contributed by atoms with E-state index in [0.717, 1.165) is 30.9 Å². The van der Waals surface area contributed by atoms with Gasteiger partial charge in [-0.2, -0.15) is 0 Å². The van der Waals surface area contributed by atoms with Gasteiger partial charge in [-0.3, -0.25) is 0 Å². The van der Waals surface area contributed by atoms with Crippen molar-refractivity contribution in [1.82, 2.24) is 0 Å². The second kappa shape index (κ2) is 9.46. The van der Waals surface area contributed by atoms with E-state index in [1.165, 1.54) is 18.4 Å². The monoisotopic (exact) mass is 276 g/mol. The Labute approximate surface area is 123 Å². The van der Waals surface area contributed by atoms with Gasteiger partial charge in [-0.25, -0.2) is 0 Å². The number of hydrogen-bond donors (Lipinski definition) is 0. The van der Waals surface area contributed by atoms with Crippen LogP contribution in [-0.2, 0) is 0 Å². The van der Waals surface area contributed by atoms with Crippen LogP contribution < -0.4 is 9.47 Å². The maximum Gasteiger partial charge on any atom is 0.119 e. The molecule has 0 aliphatic heterocycles. The van der Waals surface area contributed by atoms with Crippen molar-refractivity contribution in [3.05, 3.63) is 35.9 Å². The van der Waals surface area contributed by atoms with Gasteiger partial charge in [0.05, 0.1) is 13.7 Å². The topological polar surface area (TPSA) is 18.5 Å². The van der Waals surface area contributed by atoms with Crippen LogP contribution >= 0.6 is 0 Å². The summed E-state index contributed by atoms with van der Waals surface area (Å²) in [5, 5.41) is 0. The summed E-state index contributed by atoms with van der Waals surface area (Å²) in [4.78, 5) is 0. The Morgan fingerprint density at radius 2 is 1.80 bits per heavy atom. The summed E-state index contributed by atoms with van der Waals surface area (Å²) < 4.78 is 10.9. The molecule has 0 aromatic heterocycles. The van der Waals surface area contributed by atoms with Crippen LogP contribution in [0.25, 0.3) is 0 Å². The Bertz CT molecular complexity index is 392. The molecule has 0 fully saturated rings. The molecule has 0 aliphatic carbocycles. The lowest BCUT2D eigenvalue weighted by atomic mass is 10.0. The first-order valence-electron chi connectivity index (χ1n) is 7.58. The van der Waals surface area contributed by atoms with Crippen molar-refractivity contribution in [3.8, 4) is 11.5 Å². The van der Waals surface area contributed by atoms with Crippen molar-refractivity contribution in [2.45, 2.75) is 46.5 Å². The van der Waals surface area contributed by atoms with Gasteiger partial charge in [0, 0.05) is 0 Å². The van der Waals surface area contributed by atoms with Crippen LogP contribution in [0.1, 0.15) is 46.5 Å². The van der Waals surface area contributed by atoms with E-state index in [2.05, 4.69) is 26.8 Å². The second-order valence-corrected chi connectivity index (χ2v) is 5.40. The van der Waals surface area contributed by atoms with Gasteiger partial charge in [0.15, 0.2) is 0 Å². The van der Waals surface area contributed by atoms with E-state index in [4.69, 9.17) is 9.47 Å². The van der Waals surface area contributed by atoms with E-state index < -0.39 is 0 Å². The molecule has 1 unspecified atom stereocenters. The van der Waals surface area contributed by atoms with Crippen LogP contribution in [0.3, 0.4) is 0 Å². The van der Waals surface area contributed by atoms with Crippen LogP contribution in [0, 0.1) is 5.92 Å². The van der Waals surface area contributed by atoms with Crippen LogP contribution in [0.4, 0.5) is 0 Å². The molecule has 0 N–H and O–H groups in total. The van der Waals surface area contributed by atoms with Crippen molar-refractivity contribution in [2.24, 2.45) is 5.92 Å². The molecule has 1 aromatic carbocycles. The van der Waals surface area contributed by atoms with E-state index in [1.54, 1.807) is 7.11 Å². The summed E-state index contributed by atoms with van der Waals surface area (Å²) in [5.74, 6) is 2.48. The third-order valence-electron chi connectivity index (χ3n) is 3.65. The minimum absolute atomic E-state index is 0.703. The molecular formula is C18H28O2. The van der Waals surface area contributed by atoms with Gasteiger partial charge < -0.3 is 9.47 Å². The van der Waals surface area contributed by atoms with E-state index in [-0.39, 0.29) is 0 Å². The SMILES string of the molecule is CCC(C)=CCCC(C)CCOc1ccc(OC)cc1. The Morgan fingerprint density at radius 3 is 2.40 bits per heavy atom. The first-order chi connectivity index (χ1) is 9.65. The molecule has 0 aliphatic rings. The third-order valence-corrected chi connectivity index (χ3v) is 3.65. The molecule has 0 spiro atoms. The number of hydrogen-bond acceptors (Lipinski definition) is 2. The number of methoxy groups -OCH3 is 1. The maximum absolute atomic E-state index is 5.75. The van der Waals surface area contributed by atoms with Crippen LogP contribution in [0.2, 0.25) is 0 Å². The molecule has 0 bridgehead atoms. The summed E-state index contributed by atoms with van der Waals surface area (Å²) in [6.07, 6.45) is 7.05. The van der Waals surface area contributed by atoms with E-state index in [0.29, 0.717) is 5.92 Å². The molecule has 0 radical (unpaired) electrons. The number of ether oxygens (including phenoxy) is 2. The van der Waals surface area contributed by atoms with Crippen molar-refractivity contribution in [3.63, 3.8) is 0 Å². The molecule has 0 heterocycles. The van der Waals surface area contributed by atoms with Gasteiger partial charge in [0.2, 0.25) is 0 Å². The molecular weight excluding hydrogens is 248 g/mol. The summed E-state index contributed by atoms with van der Waals surface area (Å²) in [7, 11) is 1.67. The molecule has 1 rings (SSSR count). The minimum Gasteiger partial charge on any atom is -0.497 e. The fraction of sp³-hybridized carbons (Fsp3) is 0.556. The molecule has 0 amide bonds. The second-order valence-electron chi connectivity index (χ2n) is 5.40. The first-order valence-corrected chi connectivity index (χ1v) is 7.58. The molecule has 0 saturated carbocycles. The standard InChI is InChI=1S/C18H28O2/c1-5-15(2)7-6-8-16(3)13-14-20-18-11-9-17(19-4)10-12-18/h7,9-12,16H,5-6,8,13-14H2,1-4H3. The lowest BCUT2D eigenvalue weighted by Gasteiger charge is -2.12. The van der Waals surface area contributed by atoms with Gasteiger partial charge in [-0.15, -0.1) is 0 Å². The molecule has 20 heavy (non-hydrogen) atoms. The molecule has 1 atom stereocenters. The molecule has 2 nitrogen and oxygen atoms in total. The van der Waals surface area contributed by atoms with Gasteiger partial charge in [0.1, 0.15) is 11.5 Å². The normalized spacial score (nSPS) is 13.1. The van der Waals surface area contributed by atoms with Crippen molar-refractivity contribution in [2.75, 3.05) is 13.7 Å². The highest BCUT2D eigenvalue weighted by Crippen LogP contribution is 2.18. The Morgan fingerprint density at radius 1 is 1.15 bits per heavy atom. The average molecular weight is 276 g/mol. The summed E-state index contributed by atoms with van der Waals surface area (Å²) >= 11 is 0. The molecule has 0 saturated heterocycles. The zero-order valence-corrected chi connectivity index (χ0v) is 13.3. The van der Waals surface area contributed by atoms with E-state index in [1.807, 2.05) is 24.3 Å². The highest BCUT2D eigenvalue weighted by molar-refractivity contribution is 5.31. The quantitative estimate of drug-likeness (QED) is 0.574. The predicted molar refractivity (Wildman–Crippen MR) is 85.6 cm³/mol. The predicted octanol–water partition coefficient (Wildman–Crippen LogP) is 5.24. The third kappa shape index (κ3) is 6.65. The van der Waals surface area contributed by atoms with Crippen LogP contribution in [0.15, 0.2) is 35.9 Å². The number of benzene rings is 1. The summed E-state index contributed by atoms with van der Waals surface area (Å²) in [5.41, 5.74) is 1.49. The fourth-order valence-electron chi connectivity index (χ4n) is 1.95. The summed E-state index contributed by atoms with van der Waals surface area (Å²) in [6, 6.07) is 7.77. The van der Waals surface area contributed by atoms with Gasteiger partial charge in [0.25, 0.3) is 0 Å². The number of allylic oxidation sites excluding steroid dienone is 2. The van der Waals surface area contributed by atoms with E-state index >= 15 is 0 Å². The first kappa shape index (κ1) is 16.6. The Balaban J connectivity index is 2.19. The largest absolute Gasteiger partial charge is 0.497 e. The average Bonchev–Trinajstić information content (AvgIpc) is 2.47. The lowest BCUT2D eigenvalue weighted by Crippen LogP contribution is -2.04. The van der Waals surface area contributed by atoms with Crippen molar-refractivity contribution < 1.29 is 9.47 Å². The lowest BCUT2D eigenvalue weighted by molar-refractivity contribution is 0.279. The van der Waals surface area contributed by atoms with Gasteiger partial charge in [-0.05, 0) is 62.8 Å². The molecule has 2 heteroatoms. The maximum atomic E-state index is 5.75. The van der Waals surface area contributed by atoms with E-state index in [9.17, 15) is 0 Å². The Hall–Kier alpha value is -1.44. The fourth-order valence-corrected chi connectivity index (χ4v) is 1.95. The van der Waals surface area contributed by atoms with Crippen LogP contribution in [-0.4, -0.2) is 13.7 Å². The number of rotatable bonds is 9. The van der Waals surface area contributed by atoms with Crippen molar-refractivity contribution >= 4 is 0 Å². The zero-order chi connectivity index (χ0) is 14.8. The van der Waals surface area contributed by atoms with Gasteiger partial charge >= 0.3 is 0 Å². The Kier molecular flexibility index (Phi) is 7.86. The summed E-state index contributed by atoms with van der Waals surface area (Å²) in [6.45, 7) is 7.49. The highest BCUT2D eigenvalue weighted by atomic mass is 16.5. The minimum atomic E-state index is 0.703. The molecule has 112 valence electrons. The highest BCUT2D eigenvalue weighted by Gasteiger charge is 2.02. The zero-order valence-electron chi connectivity index (χ0n) is 13.3. The van der Waals surface area contributed by atoms with Crippen LogP contribution in [0.5, 0.6) is 11.5 Å². The smallest absolute Gasteiger partial charge is 0.119 e. The van der Waals surface area contributed by atoms with Crippen molar-refractivity contribution in [1.29, 1.82) is 0 Å². The molecule has 1 aromatic rings.